The number of nitrogens with one attached hydrogen (secondary N) is 1. The number of esters is 1. The van der Waals surface area contributed by atoms with Gasteiger partial charge in [0.05, 0.1) is 7.11 Å². The third-order valence-corrected chi connectivity index (χ3v) is 3.25. The van der Waals surface area contributed by atoms with E-state index in [-0.39, 0.29) is 17.6 Å². The lowest BCUT2D eigenvalue weighted by atomic mass is 10.1. The van der Waals surface area contributed by atoms with Gasteiger partial charge in [0.25, 0.3) is 0 Å². The quantitative estimate of drug-likeness (QED) is 0.733. The molecule has 1 aromatic rings. The number of methoxy groups -OCH3 is 1. The van der Waals surface area contributed by atoms with Crippen LogP contribution < -0.4 is 10.2 Å². The molecule has 5 heteroatoms. The van der Waals surface area contributed by atoms with Gasteiger partial charge in [-0.3, -0.25) is 4.79 Å². The fourth-order valence-electron chi connectivity index (χ4n) is 2.39. The molecule has 1 amide bonds. The van der Waals surface area contributed by atoms with E-state index in [0.717, 1.165) is 11.3 Å². The van der Waals surface area contributed by atoms with E-state index < -0.39 is 5.97 Å². The zero-order valence-corrected chi connectivity index (χ0v) is 9.84. The van der Waals surface area contributed by atoms with Crippen LogP contribution >= 0.6 is 0 Å². The van der Waals surface area contributed by atoms with Crippen molar-refractivity contribution in [2.75, 3.05) is 12.0 Å². The van der Waals surface area contributed by atoms with Crippen LogP contribution in [0.2, 0.25) is 0 Å². The minimum atomic E-state index is -0.536. The highest BCUT2D eigenvalue weighted by atomic mass is 16.5. The van der Waals surface area contributed by atoms with E-state index in [0.29, 0.717) is 6.42 Å². The van der Waals surface area contributed by atoms with Gasteiger partial charge < -0.3 is 15.0 Å². The fraction of sp³-hybridized carbons (Fsp3) is 0.231. The summed E-state index contributed by atoms with van der Waals surface area (Å²) in [5.41, 5.74) is 2.26. The van der Waals surface area contributed by atoms with Crippen molar-refractivity contribution in [3.8, 4) is 0 Å². The van der Waals surface area contributed by atoms with E-state index in [1.54, 1.807) is 6.20 Å². The maximum atomic E-state index is 12.0. The smallest absolute Gasteiger partial charge is 0.356 e. The number of amides is 1. The van der Waals surface area contributed by atoms with Crippen molar-refractivity contribution >= 4 is 17.6 Å². The first-order valence-electron chi connectivity index (χ1n) is 5.68. The second-order valence-electron chi connectivity index (χ2n) is 4.28. The SMILES string of the molecule is COC(=O)C1=CN2c3ccccc3CC2C(=O)N1. The number of carbonyl (C=O) groups is 2. The van der Waals surface area contributed by atoms with E-state index in [1.165, 1.54) is 7.11 Å². The van der Waals surface area contributed by atoms with E-state index in [2.05, 4.69) is 10.1 Å². The van der Waals surface area contributed by atoms with E-state index in [1.807, 2.05) is 29.2 Å². The molecule has 0 saturated carbocycles. The number of hydrogen-bond acceptors (Lipinski definition) is 4. The molecule has 1 atom stereocenters. The van der Waals surface area contributed by atoms with Gasteiger partial charge in [-0.05, 0) is 11.6 Å². The Hall–Kier alpha value is -2.30. The molecule has 0 saturated heterocycles. The summed E-state index contributed by atoms with van der Waals surface area (Å²) in [6, 6.07) is 7.53. The number of hydrogen-bond donors (Lipinski definition) is 1. The Balaban J connectivity index is 2.04. The number of anilines is 1. The van der Waals surface area contributed by atoms with Crippen LogP contribution in [0, 0.1) is 0 Å². The number of ether oxygens (including phenoxy) is 1. The maximum Gasteiger partial charge on any atom is 0.356 e. The molecule has 18 heavy (non-hydrogen) atoms. The summed E-state index contributed by atoms with van der Waals surface area (Å²) < 4.78 is 4.63. The van der Waals surface area contributed by atoms with Crippen molar-refractivity contribution in [3.63, 3.8) is 0 Å². The Labute approximate surface area is 104 Å². The summed E-state index contributed by atoms with van der Waals surface area (Å²) in [5, 5.41) is 2.58. The molecule has 0 aromatic heterocycles. The summed E-state index contributed by atoms with van der Waals surface area (Å²) in [6.45, 7) is 0. The molecule has 5 nitrogen and oxygen atoms in total. The molecule has 0 bridgehead atoms. The van der Waals surface area contributed by atoms with Gasteiger partial charge in [-0.2, -0.15) is 0 Å². The largest absolute Gasteiger partial charge is 0.464 e. The summed E-state index contributed by atoms with van der Waals surface area (Å²) in [7, 11) is 1.29. The van der Waals surface area contributed by atoms with E-state index >= 15 is 0 Å². The van der Waals surface area contributed by atoms with Crippen LogP contribution in [0.25, 0.3) is 0 Å². The van der Waals surface area contributed by atoms with E-state index in [9.17, 15) is 9.59 Å². The Kier molecular flexibility index (Phi) is 2.33. The number of fused-ring (bicyclic) bond motifs is 3. The van der Waals surface area contributed by atoms with Gasteiger partial charge in [-0.1, -0.05) is 18.2 Å². The minimum Gasteiger partial charge on any atom is -0.464 e. The third-order valence-electron chi connectivity index (χ3n) is 3.25. The normalized spacial score (nSPS) is 20.7. The topological polar surface area (TPSA) is 58.6 Å². The first-order chi connectivity index (χ1) is 8.70. The van der Waals surface area contributed by atoms with Crippen molar-refractivity contribution in [3.05, 3.63) is 41.7 Å². The van der Waals surface area contributed by atoms with Crippen LogP contribution in [0.5, 0.6) is 0 Å². The van der Waals surface area contributed by atoms with Gasteiger partial charge in [0.2, 0.25) is 5.91 Å². The number of nitrogens with zero attached hydrogens (tertiary/aromatic N) is 1. The van der Waals surface area contributed by atoms with E-state index in [4.69, 9.17) is 0 Å². The van der Waals surface area contributed by atoms with Crippen molar-refractivity contribution in [2.24, 2.45) is 0 Å². The molecule has 2 heterocycles. The summed E-state index contributed by atoms with van der Waals surface area (Å²) >= 11 is 0. The van der Waals surface area contributed by atoms with Gasteiger partial charge >= 0.3 is 5.97 Å². The molecule has 0 radical (unpaired) electrons. The Morgan fingerprint density at radius 3 is 3.00 bits per heavy atom. The number of benzene rings is 1. The second-order valence-corrected chi connectivity index (χ2v) is 4.28. The van der Waals surface area contributed by atoms with Crippen LogP contribution in [0.3, 0.4) is 0 Å². The van der Waals surface area contributed by atoms with Crippen LogP contribution in [0.4, 0.5) is 5.69 Å². The molecule has 3 rings (SSSR count). The zero-order valence-electron chi connectivity index (χ0n) is 9.84. The highest BCUT2D eigenvalue weighted by Crippen LogP contribution is 2.34. The standard InChI is InChI=1S/C13H12N2O3/c1-18-13(17)9-7-15-10-5-3-2-4-8(10)6-11(15)12(16)14-9/h2-5,7,11H,6H2,1H3,(H,14,16). The molecule has 1 aromatic carbocycles. The zero-order chi connectivity index (χ0) is 12.7. The minimum absolute atomic E-state index is 0.172. The first-order valence-corrected chi connectivity index (χ1v) is 5.68. The van der Waals surface area contributed by atoms with Crippen molar-refractivity contribution in [1.29, 1.82) is 0 Å². The average molecular weight is 244 g/mol. The maximum absolute atomic E-state index is 12.0. The molecule has 1 unspecified atom stereocenters. The lowest BCUT2D eigenvalue weighted by molar-refractivity contribution is -0.138. The van der Waals surface area contributed by atoms with Crippen LogP contribution in [0.15, 0.2) is 36.2 Å². The molecule has 92 valence electrons. The Morgan fingerprint density at radius 1 is 1.44 bits per heavy atom. The predicted octanol–water partition coefficient (Wildman–Crippen LogP) is 0.562. The number of para-hydroxylation sites is 1. The molecule has 2 aliphatic rings. The molecular formula is C13H12N2O3. The van der Waals surface area contributed by atoms with Gasteiger partial charge in [-0.25, -0.2) is 4.79 Å². The Morgan fingerprint density at radius 2 is 2.22 bits per heavy atom. The Bertz CT molecular complexity index is 565. The van der Waals surface area contributed by atoms with Crippen LogP contribution in [-0.2, 0) is 20.7 Å². The summed E-state index contributed by atoms with van der Waals surface area (Å²) in [6.07, 6.45) is 2.30. The third kappa shape index (κ3) is 1.48. The van der Waals surface area contributed by atoms with Crippen LogP contribution in [0.1, 0.15) is 5.56 Å². The molecule has 0 spiro atoms. The molecular weight excluding hydrogens is 232 g/mol. The number of carbonyl (C=O) groups excluding carboxylic acids is 2. The molecule has 0 fully saturated rings. The predicted molar refractivity (Wildman–Crippen MR) is 64.7 cm³/mol. The average Bonchev–Trinajstić information content (AvgIpc) is 2.77. The lowest BCUT2D eigenvalue weighted by Gasteiger charge is -2.28. The molecule has 2 aliphatic heterocycles. The van der Waals surface area contributed by atoms with Gasteiger partial charge in [0.15, 0.2) is 0 Å². The summed E-state index contributed by atoms with van der Waals surface area (Å²) in [5.74, 6) is -0.708. The van der Waals surface area contributed by atoms with Crippen molar-refractivity contribution in [1.82, 2.24) is 5.32 Å². The molecule has 1 N–H and O–H groups in total. The van der Waals surface area contributed by atoms with Gasteiger partial charge in [0, 0.05) is 18.3 Å². The highest BCUT2D eigenvalue weighted by Gasteiger charge is 2.38. The first kappa shape index (κ1) is 10.8. The lowest BCUT2D eigenvalue weighted by Crippen LogP contribution is -2.49. The van der Waals surface area contributed by atoms with Gasteiger partial charge in [-0.15, -0.1) is 0 Å². The van der Waals surface area contributed by atoms with Gasteiger partial charge in [0.1, 0.15) is 11.7 Å². The fourth-order valence-corrected chi connectivity index (χ4v) is 2.39. The van der Waals surface area contributed by atoms with Crippen molar-refractivity contribution in [2.45, 2.75) is 12.5 Å². The highest BCUT2D eigenvalue weighted by molar-refractivity contribution is 6.00. The monoisotopic (exact) mass is 244 g/mol. The second kappa shape index (κ2) is 3.87. The number of rotatable bonds is 1. The molecule has 0 aliphatic carbocycles. The van der Waals surface area contributed by atoms with Crippen molar-refractivity contribution < 1.29 is 14.3 Å². The summed E-state index contributed by atoms with van der Waals surface area (Å²) in [4.78, 5) is 25.3. The van der Waals surface area contributed by atoms with Crippen LogP contribution in [-0.4, -0.2) is 25.0 Å².